The van der Waals surface area contributed by atoms with Gasteiger partial charge < -0.3 is 11.1 Å². The molecule has 1 aromatic rings. The molecule has 0 saturated carbocycles. The largest absolute Gasteiger partial charge is 0.352 e. The molecule has 0 aliphatic carbocycles. The van der Waals surface area contributed by atoms with Crippen molar-refractivity contribution in [1.29, 1.82) is 0 Å². The van der Waals surface area contributed by atoms with Gasteiger partial charge in [0.1, 0.15) is 0 Å². The smallest absolute Gasteiger partial charge is 0.221 e. The van der Waals surface area contributed by atoms with Gasteiger partial charge in [-0.05, 0) is 18.1 Å². The molecule has 4 heteroatoms. The fourth-order valence-electron chi connectivity index (χ4n) is 1.62. The van der Waals surface area contributed by atoms with Crippen molar-refractivity contribution in [1.82, 2.24) is 5.32 Å². The molecule has 3 nitrogen and oxygen atoms in total. The molecule has 17 heavy (non-hydrogen) atoms. The van der Waals surface area contributed by atoms with E-state index in [9.17, 15) is 4.79 Å². The lowest BCUT2D eigenvalue weighted by molar-refractivity contribution is -0.121. The van der Waals surface area contributed by atoms with Crippen molar-refractivity contribution >= 4 is 17.5 Å². The van der Waals surface area contributed by atoms with Crippen LogP contribution in [0, 0.1) is 0 Å². The number of benzene rings is 1. The third-order valence-electron chi connectivity index (χ3n) is 2.54. The summed E-state index contributed by atoms with van der Waals surface area (Å²) in [7, 11) is 0. The Balaban J connectivity index is 2.36. The van der Waals surface area contributed by atoms with Gasteiger partial charge in [0.05, 0.1) is 0 Å². The molecule has 0 spiro atoms. The lowest BCUT2D eigenvalue weighted by Gasteiger charge is -2.11. The Bertz CT molecular complexity index is 368. The van der Waals surface area contributed by atoms with Crippen molar-refractivity contribution in [3.63, 3.8) is 0 Å². The summed E-state index contributed by atoms with van der Waals surface area (Å²) in [6.07, 6.45) is 2.25. The highest BCUT2D eigenvalue weighted by atomic mass is 35.5. The van der Waals surface area contributed by atoms with Crippen LogP contribution < -0.4 is 11.1 Å². The van der Waals surface area contributed by atoms with Crippen molar-refractivity contribution in [3.05, 3.63) is 34.9 Å². The number of nitrogens with one attached hydrogen (secondary N) is 1. The molecule has 1 aromatic carbocycles. The van der Waals surface area contributed by atoms with E-state index >= 15 is 0 Å². The molecule has 3 N–H and O–H groups in total. The molecule has 94 valence electrons. The third kappa shape index (κ3) is 5.20. The Morgan fingerprint density at radius 3 is 2.82 bits per heavy atom. The Hall–Kier alpha value is -1.06. The molecule has 1 unspecified atom stereocenters. The monoisotopic (exact) mass is 254 g/mol. The average molecular weight is 255 g/mol. The SMILES string of the molecule is CCCC(N)CC(=O)NCc1ccccc1Cl. The van der Waals surface area contributed by atoms with Crippen LogP contribution in [0.4, 0.5) is 0 Å². The maximum absolute atomic E-state index is 11.6. The molecule has 0 aliphatic heterocycles. The summed E-state index contributed by atoms with van der Waals surface area (Å²) >= 11 is 5.99. The normalized spacial score (nSPS) is 12.2. The van der Waals surface area contributed by atoms with E-state index in [1.165, 1.54) is 0 Å². The number of rotatable bonds is 6. The second kappa shape index (κ2) is 7.30. The summed E-state index contributed by atoms with van der Waals surface area (Å²) in [5.74, 6) is -0.0223. The summed E-state index contributed by atoms with van der Waals surface area (Å²) in [5, 5.41) is 3.50. The van der Waals surface area contributed by atoms with E-state index < -0.39 is 0 Å². The maximum Gasteiger partial charge on any atom is 0.221 e. The predicted octanol–water partition coefficient (Wildman–Crippen LogP) is 2.47. The highest BCUT2D eigenvalue weighted by Gasteiger charge is 2.08. The fourth-order valence-corrected chi connectivity index (χ4v) is 1.82. The second-order valence-corrected chi connectivity index (χ2v) is 4.53. The van der Waals surface area contributed by atoms with Crippen LogP contribution in [-0.2, 0) is 11.3 Å². The van der Waals surface area contributed by atoms with Crippen LogP contribution >= 0.6 is 11.6 Å². The predicted molar refractivity (Wildman–Crippen MR) is 70.8 cm³/mol. The zero-order valence-electron chi connectivity index (χ0n) is 10.1. The van der Waals surface area contributed by atoms with Gasteiger partial charge in [-0.3, -0.25) is 4.79 Å². The van der Waals surface area contributed by atoms with Crippen LogP contribution in [0.5, 0.6) is 0 Å². The van der Waals surface area contributed by atoms with Crippen LogP contribution in [0.15, 0.2) is 24.3 Å². The summed E-state index contributed by atoms with van der Waals surface area (Å²) in [6, 6.07) is 7.42. The Labute approximate surface area is 107 Å². The minimum atomic E-state index is -0.0498. The topological polar surface area (TPSA) is 55.1 Å². The first-order valence-electron chi connectivity index (χ1n) is 5.89. The molecule has 0 fully saturated rings. The molecular formula is C13H19ClN2O. The van der Waals surface area contributed by atoms with E-state index in [0.29, 0.717) is 18.0 Å². The lowest BCUT2D eigenvalue weighted by atomic mass is 10.1. The maximum atomic E-state index is 11.6. The fraction of sp³-hybridized carbons (Fsp3) is 0.462. The molecular weight excluding hydrogens is 236 g/mol. The third-order valence-corrected chi connectivity index (χ3v) is 2.91. The molecule has 1 rings (SSSR count). The van der Waals surface area contributed by atoms with Gasteiger partial charge in [-0.25, -0.2) is 0 Å². The van der Waals surface area contributed by atoms with Gasteiger partial charge in [0.25, 0.3) is 0 Å². The molecule has 1 amide bonds. The van der Waals surface area contributed by atoms with Gasteiger partial charge in [-0.15, -0.1) is 0 Å². The van der Waals surface area contributed by atoms with Crippen molar-refractivity contribution in [2.45, 2.75) is 38.8 Å². The Morgan fingerprint density at radius 2 is 2.18 bits per heavy atom. The van der Waals surface area contributed by atoms with Crippen molar-refractivity contribution in [2.75, 3.05) is 0 Å². The number of nitrogens with two attached hydrogens (primary N) is 1. The van der Waals surface area contributed by atoms with Gasteiger partial charge >= 0.3 is 0 Å². The first kappa shape index (κ1) is 14.0. The highest BCUT2D eigenvalue weighted by Crippen LogP contribution is 2.14. The Morgan fingerprint density at radius 1 is 1.47 bits per heavy atom. The van der Waals surface area contributed by atoms with E-state index in [2.05, 4.69) is 12.2 Å². The lowest BCUT2D eigenvalue weighted by Crippen LogP contribution is -2.31. The number of hydrogen-bond donors (Lipinski definition) is 2. The number of carbonyl (C=O) groups is 1. The Kier molecular flexibility index (Phi) is 6.01. The van der Waals surface area contributed by atoms with Crippen LogP contribution in [0.2, 0.25) is 5.02 Å². The van der Waals surface area contributed by atoms with Crippen molar-refractivity contribution in [3.8, 4) is 0 Å². The number of hydrogen-bond acceptors (Lipinski definition) is 2. The van der Waals surface area contributed by atoms with Crippen LogP contribution in [0.25, 0.3) is 0 Å². The zero-order valence-corrected chi connectivity index (χ0v) is 10.8. The summed E-state index contributed by atoms with van der Waals surface area (Å²) in [4.78, 5) is 11.6. The highest BCUT2D eigenvalue weighted by molar-refractivity contribution is 6.31. The molecule has 0 aliphatic rings. The van der Waals surface area contributed by atoms with Gasteiger partial charge in [0.15, 0.2) is 0 Å². The average Bonchev–Trinajstić information content (AvgIpc) is 2.28. The number of halogens is 1. The minimum Gasteiger partial charge on any atom is -0.352 e. The van der Waals surface area contributed by atoms with E-state index in [-0.39, 0.29) is 11.9 Å². The molecule has 0 heterocycles. The first-order valence-corrected chi connectivity index (χ1v) is 6.27. The van der Waals surface area contributed by atoms with Crippen LogP contribution in [0.3, 0.4) is 0 Å². The van der Waals surface area contributed by atoms with E-state index in [4.69, 9.17) is 17.3 Å². The summed E-state index contributed by atoms with van der Waals surface area (Å²) in [5.41, 5.74) is 6.72. The van der Waals surface area contributed by atoms with Crippen molar-refractivity contribution < 1.29 is 4.79 Å². The minimum absolute atomic E-state index is 0.0223. The number of carbonyl (C=O) groups excluding carboxylic acids is 1. The quantitative estimate of drug-likeness (QED) is 0.820. The van der Waals surface area contributed by atoms with E-state index in [1.54, 1.807) is 0 Å². The summed E-state index contributed by atoms with van der Waals surface area (Å²) < 4.78 is 0. The number of amides is 1. The van der Waals surface area contributed by atoms with Gasteiger partial charge in [0, 0.05) is 24.0 Å². The van der Waals surface area contributed by atoms with Crippen molar-refractivity contribution in [2.24, 2.45) is 5.73 Å². The molecule has 1 atom stereocenters. The molecule has 0 aromatic heterocycles. The molecule has 0 bridgehead atoms. The van der Waals surface area contributed by atoms with E-state index in [0.717, 1.165) is 18.4 Å². The summed E-state index contributed by atoms with van der Waals surface area (Å²) in [6.45, 7) is 2.51. The first-order chi connectivity index (χ1) is 8.13. The van der Waals surface area contributed by atoms with Gasteiger partial charge in [-0.1, -0.05) is 43.1 Å². The molecule has 0 radical (unpaired) electrons. The second-order valence-electron chi connectivity index (χ2n) is 4.12. The van der Waals surface area contributed by atoms with Crippen LogP contribution in [0.1, 0.15) is 31.7 Å². The van der Waals surface area contributed by atoms with E-state index in [1.807, 2.05) is 24.3 Å². The van der Waals surface area contributed by atoms with Gasteiger partial charge in [0.2, 0.25) is 5.91 Å². The molecule has 0 saturated heterocycles. The van der Waals surface area contributed by atoms with Crippen LogP contribution in [-0.4, -0.2) is 11.9 Å². The zero-order chi connectivity index (χ0) is 12.7. The van der Waals surface area contributed by atoms with Gasteiger partial charge in [-0.2, -0.15) is 0 Å². The standard InChI is InChI=1S/C13H19ClN2O/c1-2-5-11(15)8-13(17)16-9-10-6-3-4-7-12(10)14/h3-4,6-7,11H,2,5,8-9,15H2,1H3,(H,16,17).